The van der Waals surface area contributed by atoms with Gasteiger partial charge in [0.25, 0.3) is 0 Å². The van der Waals surface area contributed by atoms with Gasteiger partial charge in [-0.25, -0.2) is 5.43 Å². The second-order valence-electron chi connectivity index (χ2n) is 7.93. The van der Waals surface area contributed by atoms with Crippen molar-refractivity contribution in [3.05, 3.63) is 24.3 Å². The molecule has 4 rings (SSSR count). The molecule has 29 heavy (non-hydrogen) atoms. The molecule has 3 fully saturated rings. The molecule has 156 valence electrons. The molecule has 4 unspecified atom stereocenters. The summed E-state index contributed by atoms with van der Waals surface area (Å²) in [5, 5.41) is 19.6. The van der Waals surface area contributed by atoms with Crippen LogP contribution < -0.4 is 31.5 Å². The number of nitrogens with one attached hydrogen (secondary N) is 5. The Balaban J connectivity index is 1.48. The summed E-state index contributed by atoms with van der Waals surface area (Å²) in [6.07, 6.45) is 2.42. The zero-order chi connectivity index (χ0) is 20.2. The van der Waals surface area contributed by atoms with Crippen LogP contribution in [0.4, 0.5) is 5.69 Å². The van der Waals surface area contributed by atoms with Crippen LogP contribution >= 0.6 is 0 Å². The van der Waals surface area contributed by atoms with Crippen molar-refractivity contribution in [2.45, 2.75) is 37.8 Å². The van der Waals surface area contributed by atoms with Gasteiger partial charge in [-0.1, -0.05) is 6.07 Å². The average Bonchev–Trinajstić information content (AvgIpc) is 2.74. The van der Waals surface area contributed by atoms with Crippen LogP contribution in [0.25, 0.3) is 0 Å². The van der Waals surface area contributed by atoms with Crippen molar-refractivity contribution in [1.29, 1.82) is 5.26 Å². The van der Waals surface area contributed by atoms with E-state index in [9.17, 15) is 4.79 Å². The highest BCUT2D eigenvalue weighted by Gasteiger charge is 2.45. The smallest absolute Gasteiger partial charge is 0.242 e. The lowest BCUT2D eigenvalue weighted by molar-refractivity contribution is -0.132. The fourth-order valence-electron chi connectivity index (χ4n) is 4.49. The Morgan fingerprint density at radius 2 is 2.14 bits per heavy atom. The van der Waals surface area contributed by atoms with Gasteiger partial charge in [-0.05, 0) is 30.9 Å². The summed E-state index contributed by atoms with van der Waals surface area (Å²) in [5.41, 5.74) is 6.65. The average molecular weight is 399 g/mol. The summed E-state index contributed by atoms with van der Waals surface area (Å²) in [7, 11) is 1.64. The minimum Gasteiger partial charge on any atom is -0.497 e. The van der Waals surface area contributed by atoms with E-state index < -0.39 is 0 Å². The maximum atomic E-state index is 12.6. The number of anilines is 1. The Kier molecular flexibility index (Phi) is 6.16. The number of fused-ring (bicyclic) bond motifs is 1. The number of carbonyl (C=O) groups excluding carboxylic acids is 1. The van der Waals surface area contributed by atoms with Gasteiger partial charge in [0.05, 0.1) is 25.3 Å². The van der Waals surface area contributed by atoms with Crippen LogP contribution in [0.1, 0.15) is 19.3 Å². The Morgan fingerprint density at radius 1 is 1.31 bits per heavy atom. The Bertz CT molecular complexity index is 759. The van der Waals surface area contributed by atoms with E-state index in [-0.39, 0.29) is 30.3 Å². The molecule has 0 radical (unpaired) electrons. The van der Waals surface area contributed by atoms with Gasteiger partial charge in [0.2, 0.25) is 5.91 Å². The molecule has 1 amide bonds. The van der Waals surface area contributed by atoms with Crippen molar-refractivity contribution in [1.82, 2.24) is 26.4 Å². The van der Waals surface area contributed by atoms with Gasteiger partial charge in [0.1, 0.15) is 12.0 Å². The molecule has 9 nitrogen and oxygen atoms in total. The molecule has 0 aromatic heterocycles. The molecule has 0 bridgehead atoms. The third-order valence-corrected chi connectivity index (χ3v) is 6.12. The van der Waals surface area contributed by atoms with Crippen LogP contribution in [0.2, 0.25) is 0 Å². The number of hydrogen-bond donors (Lipinski definition) is 5. The zero-order valence-electron chi connectivity index (χ0n) is 16.6. The second kappa shape index (κ2) is 8.97. The zero-order valence-corrected chi connectivity index (χ0v) is 16.6. The number of hydrogen-bond acceptors (Lipinski definition) is 8. The number of methoxy groups -OCH3 is 1. The third-order valence-electron chi connectivity index (χ3n) is 6.12. The van der Waals surface area contributed by atoms with Crippen molar-refractivity contribution in [2.24, 2.45) is 11.8 Å². The number of likely N-dealkylation sites (tertiary alicyclic amines) is 1. The van der Waals surface area contributed by atoms with E-state index in [1.807, 2.05) is 24.3 Å². The summed E-state index contributed by atoms with van der Waals surface area (Å²) in [5.74, 6) is 0.967. The molecule has 5 N–H and O–H groups in total. The molecule has 0 saturated carbocycles. The Labute approximate surface area is 171 Å². The molecule has 0 aliphatic carbocycles. The highest BCUT2D eigenvalue weighted by atomic mass is 16.5. The molecule has 3 aliphatic rings. The van der Waals surface area contributed by atoms with E-state index in [2.05, 4.69) is 37.8 Å². The summed E-state index contributed by atoms with van der Waals surface area (Å²) < 4.78 is 5.32. The third kappa shape index (κ3) is 4.46. The Morgan fingerprint density at radius 3 is 2.90 bits per heavy atom. The van der Waals surface area contributed by atoms with Gasteiger partial charge in [-0.15, -0.1) is 0 Å². The lowest BCUT2D eigenvalue weighted by Gasteiger charge is -2.49. The fraction of sp³-hybridized carbons (Fsp3) is 0.600. The lowest BCUT2D eigenvalue weighted by Crippen LogP contribution is -2.77. The van der Waals surface area contributed by atoms with Gasteiger partial charge >= 0.3 is 0 Å². The minimum absolute atomic E-state index is 0.00920. The van der Waals surface area contributed by atoms with E-state index in [0.29, 0.717) is 18.9 Å². The van der Waals surface area contributed by atoms with E-state index in [1.54, 1.807) is 7.11 Å². The maximum Gasteiger partial charge on any atom is 0.242 e. The van der Waals surface area contributed by atoms with E-state index in [0.717, 1.165) is 37.4 Å². The fourth-order valence-corrected chi connectivity index (χ4v) is 4.49. The van der Waals surface area contributed by atoms with Gasteiger partial charge in [-0.3, -0.25) is 25.8 Å². The number of piperidine rings is 1. The number of ether oxygens (including phenoxy) is 1. The van der Waals surface area contributed by atoms with Crippen LogP contribution in [0, 0.1) is 23.2 Å². The van der Waals surface area contributed by atoms with E-state index in [4.69, 9.17) is 10.00 Å². The topological polar surface area (TPSA) is 113 Å². The number of rotatable bonds is 5. The van der Waals surface area contributed by atoms with Crippen LogP contribution in [-0.2, 0) is 4.79 Å². The monoisotopic (exact) mass is 399 g/mol. The van der Waals surface area contributed by atoms with Gasteiger partial charge in [-0.2, -0.15) is 5.26 Å². The molecule has 9 heteroatoms. The molecule has 4 atom stereocenters. The lowest BCUT2D eigenvalue weighted by atomic mass is 9.90. The SMILES string of the molecule is COc1cccc(NC2NC(N3CCC(CC#N)CC3)NC3CNNC(=O)C32)c1. The standard InChI is InChI=1S/C20H29N7O2/c1-29-15-4-2-3-14(11-15)23-18-17-16(12-22-26-19(17)28)24-20(25-18)27-9-6-13(5-8-21)7-10-27/h2-4,11,13,16-18,20,22-25H,5-7,9-10,12H2,1H3,(H,26,28). The number of nitrogens with zero attached hydrogens (tertiary/aromatic N) is 2. The van der Waals surface area contributed by atoms with Crippen LogP contribution in [-0.4, -0.2) is 56.0 Å². The summed E-state index contributed by atoms with van der Waals surface area (Å²) in [4.78, 5) is 15.0. The molecule has 0 spiro atoms. The van der Waals surface area contributed by atoms with Crippen LogP contribution in [0.15, 0.2) is 24.3 Å². The first-order chi connectivity index (χ1) is 14.2. The van der Waals surface area contributed by atoms with Crippen LogP contribution in [0.3, 0.4) is 0 Å². The highest BCUT2D eigenvalue weighted by Crippen LogP contribution is 2.26. The number of benzene rings is 1. The molecule has 1 aromatic carbocycles. The van der Waals surface area contributed by atoms with Crippen molar-refractivity contribution >= 4 is 11.6 Å². The van der Waals surface area contributed by atoms with Crippen molar-refractivity contribution in [3.63, 3.8) is 0 Å². The van der Waals surface area contributed by atoms with Gasteiger partial charge in [0, 0.05) is 43.9 Å². The molecular formula is C20H29N7O2. The first kappa shape index (κ1) is 19.9. The predicted molar refractivity (Wildman–Crippen MR) is 108 cm³/mol. The van der Waals surface area contributed by atoms with Crippen molar-refractivity contribution in [3.8, 4) is 11.8 Å². The van der Waals surface area contributed by atoms with Crippen molar-refractivity contribution in [2.75, 3.05) is 32.1 Å². The van der Waals surface area contributed by atoms with Crippen LogP contribution in [0.5, 0.6) is 5.75 Å². The largest absolute Gasteiger partial charge is 0.497 e. The van der Waals surface area contributed by atoms with Gasteiger partial charge < -0.3 is 10.1 Å². The molecule has 3 aliphatic heterocycles. The van der Waals surface area contributed by atoms with Crippen molar-refractivity contribution < 1.29 is 9.53 Å². The summed E-state index contributed by atoms with van der Waals surface area (Å²) in [6.45, 7) is 2.52. The summed E-state index contributed by atoms with van der Waals surface area (Å²) in [6, 6.07) is 10.0. The number of amides is 1. The van der Waals surface area contributed by atoms with Gasteiger partial charge in [0.15, 0.2) is 0 Å². The maximum absolute atomic E-state index is 12.6. The Hall–Kier alpha value is -2.38. The number of nitriles is 1. The normalized spacial score (nSPS) is 30.7. The molecule has 3 heterocycles. The molecule has 1 aromatic rings. The summed E-state index contributed by atoms with van der Waals surface area (Å²) >= 11 is 0. The minimum atomic E-state index is -0.255. The van der Waals surface area contributed by atoms with E-state index >= 15 is 0 Å². The van der Waals surface area contributed by atoms with E-state index in [1.165, 1.54) is 0 Å². The predicted octanol–water partition coefficient (Wildman–Crippen LogP) is 0.154. The number of hydrazine groups is 1. The quantitative estimate of drug-likeness (QED) is 0.476. The second-order valence-corrected chi connectivity index (χ2v) is 7.93. The highest BCUT2D eigenvalue weighted by molar-refractivity contribution is 5.81. The number of carbonyl (C=O) groups is 1. The molecule has 3 saturated heterocycles. The first-order valence-corrected chi connectivity index (χ1v) is 10.2. The molecular weight excluding hydrogens is 370 g/mol. The first-order valence-electron chi connectivity index (χ1n) is 10.2.